The van der Waals surface area contributed by atoms with E-state index in [0.717, 1.165) is 5.69 Å². The minimum absolute atomic E-state index is 0.465. The zero-order valence-corrected chi connectivity index (χ0v) is 16.0. The minimum atomic E-state index is 0.465. The summed E-state index contributed by atoms with van der Waals surface area (Å²) in [7, 11) is 0. The molecule has 1 heterocycles. The van der Waals surface area contributed by atoms with Gasteiger partial charge in [-0.3, -0.25) is 4.98 Å². The second kappa shape index (κ2) is 5.67. The van der Waals surface area contributed by atoms with Crippen molar-refractivity contribution in [3.05, 3.63) is 65.9 Å². The fourth-order valence-corrected chi connectivity index (χ4v) is 6.68. The monoisotopic (exact) mass is 353 g/mol. The molecule has 136 valence electrons. The summed E-state index contributed by atoms with van der Waals surface area (Å²) < 4.78 is 0. The summed E-state index contributed by atoms with van der Waals surface area (Å²) in [4.78, 5) is 4.81. The average molecular weight is 354 g/mol. The number of rotatable bonds is 1. The van der Waals surface area contributed by atoms with E-state index in [2.05, 4.69) is 48.5 Å². The van der Waals surface area contributed by atoms with Crippen molar-refractivity contribution in [2.24, 2.45) is 0 Å². The Labute approximate surface area is 161 Å². The van der Waals surface area contributed by atoms with Gasteiger partial charge in [-0.25, -0.2) is 0 Å². The van der Waals surface area contributed by atoms with Gasteiger partial charge in [0.05, 0.1) is 5.69 Å². The van der Waals surface area contributed by atoms with E-state index >= 15 is 0 Å². The molecule has 1 heteroatoms. The van der Waals surface area contributed by atoms with Gasteiger partial charge in [0.2, 0.25) is 0 Å². The fraction of sp³-hybridized carbons (Fsp3) is 0.423. The summed E-state index contributed by atoms with van der Waals surface area (Å²) in [5.41, 5.74) is 6.78. The third kappa shape index (κ3) is 2.27. The van der Waals surface area contributed by atoms with Crippen molar-refractivity contribution in [1.29, 1.82) is 0 Å². The van der Waals surface area contributed by atoms with Crippen molar-refractivity contribution in [2.45, 2.75) is 68.6 Å². The van der Waals surface area contributed by atoms with Gasteiger partial charge in [0.25, 0.3) is 0 Å². The Kier molecular flexibility index (Phi) is 3.33. The number of pyridine rings is 1. The van der Waals surface area contributed by atoms with Crippen molar-refractivity contribution < 1.29 is 0 Å². The normalized spacial score (nSPS) is 22.1. The highest BCUT2D eigenvalue weighted by Gasteiger charge is 2.53. The number of benzene rings is 2. The molecule has 2 fully saturated rings. The van der Waals surface area contributed by atoms with Crippen molar-refractivity contribution in [3.63, 3.8) is 0 Å². The molecule has 1 aromatic heterocycles. The van der Waals surface area contributed by atoms with Gasteiger partial charge in [0.15, 0.2) is 0 Å². The molecule has 0 saturated heterocycles. The first-order valence-electron chi connectivity index (χ1n) is 10.8. The van der Waals surface area contributed by atoms with E-state index in [1.54, 1.807) is 11.1 Å². The Morgan fingerprint density at radius 1 is 0.667 bits per heavy atom. The van der Waals surface area contributed by atoms with E-state index < -0.39 is 0 Å². The minimum Gasteiger partial charge on any atom is -0.256 e. The maximum absolute atomic E-state index is 4.81. The summed E-state index contributed by atoms with van der Waals surface area (Å²) in [6.07, 6.45) is 14.7. The van der Waals surface area contributed by atoms with Crippen LogP contribution in [0.25, 0.3) is 22.0 Å². The molecule has 0 aliphatic heterocycles. The molecular weight excluding hydrogens is 326 g/mol. The summed E-state index contributed by atoms with van der Waals surface area (Å²) in [6.45, 7) is 0. The van der Waals surface area contributed by atoms with Gasteiger partial charge in [-0.05, 0) is 71.6 Å². The van der Waals surface area contributed by atoms with Crippen LogP contribution < -0.4 is 0 Å². The second-order valence-electron chi connectivity index (χ2n) is 9.33. The molecule has 3 aromatic rings. The zero-order valence-electron chi connectivity index (χ0n) is 16.0. The Morgan fingerprint density at radius 2 is 1.33 bits per heavy atom. The molecule has 1 nitrogen and oxygen atoms in total. The predicted molar refractivity (Wildman–Crippen MR) is 112 cm³/mol. The fourth-order valence-electron chi connectivity index (χ4n) is 6.68. The summed E-state index contributed by atoms with van der Waals surface area (Å²) in [5, 5.41) is 2.51. The number of aromatic nitrogens is 1. The Balaban J connectivity index is 1.51. The molecule has 3 aliphatic carbocycles. The number of nitrogens with zero attached hydrogens (tertiary/aromatic N) is 1. The van der Waals surface area contributed by atoms with Crippen molar-refractivity contribution in [3.8, 4) is 11.3 Å². The largest absolute Gasteiger partial charge is 0.256 e. The van der Waals surface area contributed by atoms with Crippen LogP contribution in [0.4, 0.5) is 0 Å². The van der Waals surface area contributed by atoms with Crippen LogP contribution in [0.1, 0.15) is 68.9 Å². The second-order valence-corrected chi connectivity index (χ2v) is 9.33. The highest BCUT2D eigenvalue weighted by molar-refractivity contribution is 5.85. The third-order valence-electron chi connectivity index (χ3n) is 7.89. The van der Waals surface area contributed by atoms with E-state index in [9.17, 15) is 0 Å². The van der Waals surface area contributed by atoms with Crippen LogP contribution in [0.2, 0.25) is 0 Å². The van der Waals surface area contributed by atoms with Crippen LogP contribution in [0.15, 0.2) is 54.7 Å². The van der Waals surface area contributed by atoms with Gasteiger partial charge in [0.1, 0.15) is 0 Å². The van der Waals surface area contributed by atoms with Gasteiger partial charge in [-0.15, -0.1) is 0 Å². The zero-order chi connectivity index (χ0) is 17.9. The maximum atomic E-state index is 4.81. The molecule has 0 atom stereocenters. The Bertz CT molecular complexity index is 1020. The standard InChI is InChI=1S/C26H27N/c1-2-8-21-17-27-24(16-19(21)7-1)20-9-10-22-23(15-20)26(13-5-6-14-26)18-25(22)11-3-4-12-25/h1-2,7-10,15-17H,3-6,11-14,18H2. The van der Waals surface area contributed by atoms with Gasteiger partial charge >= 0.3 is 0 Å². The highest BCUT2D eigenvalue weighted by Crippen LogP contribution is 2.62. The highest BCUT2D eigenvalue weighted by atomic mass is 14.7. The van der Waals surface area contributed by atoms with E-state index in [1.807, 2.05) is 6.20 Å². The summed E-state index contributed by atoms with van der Waals surface area (Å²) in [6, 6.07) is 18.2. The molecule has 27 heavy (non-hydrogen) atoms. The van der Waals surface area contributed by atoms with Crippen LogP contribution in [0.5, 0.6) is 0 Å². The van der Waals surface area contributed by atoms with E-state index in [4.69, 9.17) is 4.98 Å². The molecule has 2 spiro atoms. The van der Waals surface area contributed by atoms with Crippen molar-refractivity contribution in [1.82, 2.24) is 4.98 Å². The topological polar surface area (TPSA) is 12.9 Å². The molecule has 0 N–H and O–H groups in total. The first-order valence-corrected chi connectivity index (χ1v) is 10.8. The Hall–Kier alpha value is -2.15. The van der Waals surface area contributed by atoms with Crippen LogP contribution >= 0.6 is 0 Å². The molecule has 0 radical (unpaired) electrons. The summed E-state index contributed by atoms with van der Waals surface area (Å²) >= 11 is 0. The lowest BCUT2D eigenvalue weighted by Crippen LogP contribution is -2.24. The van der Waals surface area contributed by atoms with Gasteiger partial charge in [-0.2, -0.15) is 0 Å². The SMILES string of the molecule is c1ccc2cc(-c3ccc4c(c3)C3(CCCC3)CC43CCCC3)ncc2c1. The molecule has 0 unspecified atom stereocenters. The van der Waals surface area contributed by atoms with Gasteiger partial charge in [-0.1, -0.05) is 62.1 Å². The van der Waals surface area contributed by atoms with Crippen LogP contribution in [0, 0.1) is 0 Å². The molecule has 2 aromatic carbocycles. The maximum Gasteiger partial charge on any atom is 0.0708 e. The molecular formula is C26H27N. The molecule has 0 bridgehead atoms. The van der Waals surface area contributed by atoms with Crippen LogP contribution in [-0.2, 0) is 10.8 Å². The first kappa shape index (κ1) is 15.9. The van der Waals surface area contributed by atoms with E-state index in [1.165, 1.54) is 74.1 Å². The number of hydrogen-bond acceptors (Lipinski definition) is 1. The molecule has 2 saturated carbocycles. The lowest BCUT2D eigenvalue weighted by Gasteiger charge is -2.29. The average Bonchev–Trinajstić information content (AvgIpc) is 3.44. The van der Waals surface area contributed by atoms with Gasteiger partial charge in [0, 0.05) is 17.1 Å². The molecule has 0 amide bonds. The lowest BCUT2D eigenvalue weighted by molar-refractivity contribution is 0.324. The first-order chi connectivity index (χ1) is 13.3. The molecule has 3 aliphatic rings. The molecule has 6 rings (SSSR count). The smallest absolute Gasteiger partial charge is 0.0708 e. The van der Waals surface area contributed by atoms with Crippen molar-refractivity contribution in [2.75, 3.05) is 0 Å². The van der Waals surface area contributed by atoms with Crippen LogP contribution in [-0.4, -0.2) is 4.98 Å². The number of fused-ring (bicyclic) bond motifs is 4. The van der Waals surface area contributed by atoms with Crippen molar-refractivity contribution >= 4 is 10.8 Å². The third-order valence-corrected chi connectivity index (χ3v) is 7.89. The number of hydrogen-bond donors (Lipinski definition) is 0. The lowest BCUT2D eigenvalue weighted by atomic mass is 9.75. The predicted octanol–water partition coefficient (Wildman–Crippen LogP) is 6.93. The quantitative estimate of drug-likeness (QED) is 0.462. The van der Waals surface area contributed by atoms with E-state index in [-0.39, 0.29) is 0 Å². The van der Waals surface area contributed by atoms with Crippen LogP contribution in [0.3, 0.4) is 0 Å². The summed E-state index contributed by atoms with van der Waals surface area (Å²) in [5.74, 6) is 0. The van der Waals surface area contributed by atoms with E-state index in [0.29, 0.717) is 10.8 Å². The van der Waals surface area contributed by atoms with Gasteiger partial charge < -0.3 is 0 Å². The Morgan fingerprint density at radius 3 is 2.07 bits per heavy atom.